The predicted octanol–water partition coefficient (Wildman–Crippen LogP) is 3.13. The molecule has 4 rings (SSSR count). The van der Waals surface area contributed by atoms with Gasteiger partial charge in [0, 0.05) is 10.9 Å². The normalized spacial score (nSPS) is 11.0. The number of ether oxygens (including phenoxy) is 1. The second-order valence-corrected chi connectivity index (χ2v) is 5.51. The number of fused-ring (bicyclic) bond motifs is 1. The van der Waals surface area contributed by atoms with Crippen molar-refractivity contribution in [2.24, 2.45) is 0 Å². The van der Waals surface area contributed by atoms with E-state index in [0.717, 1.165) is 16.5 Å². The van der Waals surface area contributed by atoms with E-state index in [4.69, 9.17) is 4.74 Å². The lowest BCUT2D eigenvalue weighted by atomic mass is 10.1. The number of rotatable bonds is 3. The van der Waals surface area contributed by atoms with Crippen molar-refractivity contribution in [1.29, 1.82) is 0 Å². The van der Waals surface area contributed by atoms with Crippen molar-refractivity contribution in [2.75, 3.05) is 7.11 Å². The maximum Gasteiger partial charge on any atom is 0.345 e. The van der Waals surface area contributed by atoms with Crippen LogP contribution in [0.1, 0.15) is 0 Å². The molecule has 7 heteroatoms. The molecule has 0 saturated carbocycles. The van der Waals surface area contributed by atoms with Gasteiger partial charge in [-0.15, -0.1) is 0 Å². The van der Waals surface area contributed by atoms with Gasteiger partial charge in [0.05, 0.1) is 30.2 Å². The molecule has 25 heavy (non-hydrogen) atoms. The van der Waals surface area contributed by atoms with Gasteiger partial charge in [0.25, 0.3) is 0 Å². The molecule has 0 spiro atoms. The molecule has 0 amide bonds. The van der Waals surface area contributed by atoms with Crippen molar-refractivity contribution >= 4 is 10.9 Å². The highest BCUT2D eigenvalue weighted by Crippen LogP contribution is 2.27. The third-order valence-electron chi connectivity index (χ3n) is 3.94. The van der Waals surface area contributed by atoms with Crippen LogP contribution >= 0.6 is 0 Å². The molecule has 0 aliphatic heterocycles. The van der Waals surface area contributed by atoms with E-state index in [-0.39, 0.29) is 5.75 Å². The summed E-state index contributed by atoms with van der Waals surface area (Å²) in [5.41, 5.74) is 2.68. The van der Waals surface area contributed by atoms with Crippen molar-refractivity contribution < 1.29 is 9.13 Å². The Morgan fingerprint density at radius 2 is 1.92 bits per heavy atom. The van der Waals surface area contributed by atoms with Crippen LogP contribution in [0.2, 0.25) is 0 Å². The zero-order chi connectivity index (χ0) is 17.4. The van der Waals surface area contributed by atoms with Gasteiger partial charge in [-0.05, 0) is 42.0 Å². The van der Waals surface area contributed by atoms with Crippen LogP contribution in [0.4, 0.5) is 4.39 Å². The fraction of sp³-hybridized carbons (Fsp3) is 0.0556. The molecule has 0 atom stereocenters. The van der Waals surface area contributed by atoms with Crippen LogP contribution < -0.4 is 10.4 Å². The Bertz CT molecular complexity index is 1130. The second kappa shape index (κ2) is 5.86. The highest BCUT2D eigenvalue weighted by molar-refractivity contribution is 5.83. The third kappa shape index (κ3) is 2.76. The van der Waals surface area contributed by atoms with Crippen LogP contribution in [0.5, 0.6) is 5.75 Å². The summed E-state index contributed by atoms with van der Waals surface area (Å²) in [5, 5.41) is 7.78. The van der Waals surface area contributed by atoms with E-state index < -0.39 is 11.5 Å². The van der Waals surface area contributed by atoms with Crippen LogP contribution in [0.15, 0.2) is 53.5 Å². The number of hydrogen-bond donors (Lipinski definition) is 2. The van der Waals surface area contributed by atoms with Gasteiger partial charge in [0.2, 0.25) is 0 Å². The molecular formula is C18H13FN4O2. The first-order valence-corrected chi connectivity index (χ1v) is 7.53. The summed E-state index contributed by atoms with van der Waals surface area (Å²) >= 11 is 0. The van der Waals surface area contributed by atoms with Gasteiger partial charge in [-0.2, -0.15) is 10.1 Å². The van der Waals surface area contributed by atoms with E-state index in [9.17, 15) is 9.18 Å². The summed E-state index contributed by atoms with van der Waals surface area (Å²) in [7, 11) is 1.40. The van der Waals surface area contributed by atoms with Gasteiger partial charge < -0.3 is 9.72 Å². The lowest BCUT2D eigenvalue weighted by Crippen LogP contribution is -2.12. The molecule has 0 bridgehead atoms. The molecule has 0 aliphatic rings. The minimum atomic E-state index is -0.511. The second-order valence-electron chi connectivity index (χ2n) is 5.51. The fourth-order valence-electron chi connectivity index (χ4n) is 2.70. The van der Waals surface area contributed by atoms with Crippen LogP contribution in [0.25, 0.3) is 33.4 Å². The molecule has 0 radical (unpaired) electrons. The maximum atomic E-state index is 14.0. The van der Waals surface area contributed by atoms with Crippen LogP contribution in [-0.2, 0) is 0 Å². The van der Waals surface area contributed by atoms with Crippen molar-refractivity contribution in [3.63, 3.8) is 0 Å². The SMILES string of the molecule is COc1ccc(-c2cc(-c3ccc4[nH]ncc4c3)[nH]c(=O)n2)cc1F. The number of H-pyrrole nitrogens is 2. The van der Waals surface area contributed by atoms with E-state index >= 15 is 0 Å². The molecule has 2 aromatic carbocycles. The van der Waals surface area contributed by atoms with E-state index in [0.29, 0.717) is 17.0 Å². The van der Waals surface area contributed by atoms with Gasteiger partial charge in [-0.25, -0.2) is 9.18 Å². The van der Waals surface area contributed by atoms with E-state index in [1.807, 2.05) is 18.2 Å². The molecule has 0 saturated heterocycles. The number of benzene rings is 2. The molecular weight excluding hydrogens is 323 g/mol. The van der Waals surface area contributed by atoms with E-state index in [1.165, 1.54) is 19.2 Å². The summed E-state index contributed by atoms with van der Waals surface area (Å²) in [6, 6.07) is 11.8. The maximum absolute atomic E-state index is 14.0. The first-order chi connectivity index (χ1) is 12.1. The summed E-state index contributed by atoms with van der Waals surface area (Å²) in [6.45, 7) is 0. The number of hydrogen-bond acceptors (Lipinski definition) is 4. The molecule has 2 heterocycles. The molecule has 6 nitrogen and oxygen atoms in total. The van der Waals surface area contributed by atoms with Crippen molar-refractivity contribution in [3.8, 4) is 28.3 Å². The zero-order valence-electron chi connectivity index (χ0n) is 13.2. The first-order valence-electron chi connectivity index (χ1n) is 7.53. The summed E-state index contributed by atoms with van der Waals surface area (Å²) < 4.78 is 18.9. The number of aromatic nitrogens is 4. The van der Waals surface area contributed by atoms with Crippen LogP contribution in [0.3, 0.4) is 0 Å². The molecule has 124 valence electrons. The minimum absolute atomic E-state index is 0.138. The van der Waals surface area contributed by atoms with Gasteiger partial charge in [0.1, 0.15) is 0 Å². The van der Waals surface area contributed by atoms with Gasteiger partial charge in [-0.1, -0.05) is 6.07 Å². The number of nitrogens with zero attached hydrogens (tertiary/aromatic N) is 2. The Balaban J connectivity index is 1.83. The summed E-state index contributed by atoms with van der Waals surface area (Å²) in [6.07, 6.45) is 1.71. The predicted molar refractivity (Wildman–Crippen MR) is 91.9 cm³/mol. The molecule has 4 aromatic rings. The highest BCUT2D eigenvalue weighted by Gasteiger charge is 2.10. The Morgan fingerprint density at radius 1 is 1.08 bits per heavy atom. The first kappa shape index (κ1) is 15.1. The molecule has 0 fully saturated rings. The van der Waals surface area contributed by atoms with Gasteiger partial charge in [0.15, 0.2) is 11.6 Å². The lowest BCUT2D eigenvalue weighted by Gasteiger charge is -2.07. The van der Waals surface area contributed by atoms with E-state index in [2.05, 4.69) is 20.2 Å². The Labute approximate surface area is 141 Å². The fourth-order valence-corrected chi connectivity index (χ4v) is 2.70. The number of aromatic amines is 2. The van der Waals surface area contributed by atoms with Crippen molar-refractivity contribution in [1.82, 2.24) is 20.2 Å². The molecule has 2 N–H and O–H groups in total. The lowest BCUT2D eigenvalue weighted by molar-refractivity contribution is 0.386. The third-order valence-corrected chi connectivity index (χ3v) is 3.94. The Hall–Kier alpha value is -3.48. The number of methoxy groups -OCH3 is 1. The largest absolute Gasteiger partial charge is 0.494 e. The smallest absolute Gasteiger partial charge is 0.345 e. The number of nitrogens with one attached hydrogen (secondary N) is 2. The molecule has 0 unspecified atom stereocenters. The Morgan fingerprint density at radius 3 is 2.72 bits per heavy atom. The highest BCUT2D eigenvalue weighted by atomic mass is 19.1. The van der Waals surface area contributed by atoms with Crippen molar-refractivity contribution in [2.45, 2.75) is 0 Å². The van der Waals surface area contributed by atoms with E-state index in [1.54, 1.807) is 18.3 Å². The average molecular weight is 336 g/mol. The summed E-state index contributed by atoms with van der Waals surface area (Å²) in [5.74, 6) is -0.373. The average Bonchev–Trinajstić information content (AvgIpc) is 3.08. The quantitative estimate of drug-likeness (QED) is 0.602. The summed E-state index contributed by atoms with van der Waals surface area (Å²) in [4.78, 5) is 18.6. The standard InChI is InChI=1S/C18H13FN4O2/c1-25-17-5-3-11(7-13(17)19)16-8-15(21-18(24)22-16)10-2-4-14-12(6-10)9-20-23-14/h2-9H,1H3,(H,20,23)(H,21,22,24). The van der Waals surface area contributed by atoms with Gasteiger partial charge >= 0.3 is 5.69 Å². The van der Waals surface area contributed by atoms with Crippen molar-refractivity contribution in [3.05, 3.63) is 65.0 Å². The minimum Gasteiger partial charge on any atom is -0.494 e. The molecule has 2 aromatic heterocycles. The number of halogens is 1. The van der Waals surface area contributed by atoms with Crippen LogP contribution in [-0.4, -0.2) is 27.3 Å². The zero-order valence-corrected chi connectivity index (χ0v) is 13.2. The van der Waals surface area contributed by atoms with Crippen LogP contribution in [0, 0.1) is 5.82 Å². The molecule has 0 aliphatic carbocycles. The topological polar surface area (TPSA) is 83.7 Å². The monoisotopic (exact) mass is 336 g/mol. The Kier molecular flexibility index (Phi) is 3.53. The van der Waals surface area contributed by atoms with Gasteiger partial charge in [-0.3, -0.25) is 5.10 Å².